The number of hydrogen-bond donors (Lipinski definition) is 1. The second-order valence-corrected chi connectivity index (χ2v) is 4.23. The average molecular weight is 246 g/mol. The monoisotopic (exact) mass is 245 g/mol. The average Bonchev–Trinajstić information content (AvgIpc) is 1.99. The summed E-state index contributed by atoms with van der Waals surface area (Å²) in [6.45, 7) is 6.01. The zero-order valence-electron chi connectivity index (χ0n) is 7.99. The van der Waals surface area contributed by atoms with Gasteiger partial charge < -0.3 is 5.32 Å². The van der Waals surface area contributed by atoms with Gasteiger partial charge in [-0.25, -0.2) is 4.39 Å². The van der Waals surface area contributed by atoms with E-state index in [0.717, 1.165) is 11.3 Å². The molecule has 0 unspecified atom stereocenters. The van der Waals surface area contributed by atoms with Gasteiger partial charge in [0.05, 0.1) is 4.47 Å². The third-order valence-corrected chi connectivity index (χ3v) is 2.32. The molecule has 13 heavy (non-hydrogen) atoms. The van der Waals surface area contributed by atoms with Crippen molar-refractivity contribution in [2.24, 2.45) is 0 Å². The van der Waals surface area contributed by atoms with Crippen LogP contribution < -0.4 is 5.32 Å². The van der Waals surface area contributed by atoms with Gasteiger partial charge in [-0.2, -0.15) is 0 Å². The molecule has 0 aliphatic heterocycles. The Morgan fingerprint density at radius 3 is 2.54 bits per heavy atom. The minimum Gasteiger partial charge on any atom is -0.383 e. The molecule has 0 aliphatic carbocycles. The van der Waals surface area contributed by atoms with Gasteiger partial charge in [-0.1, -0.05) is 0 Å². The molecular weight excluding hydrogens is 233 g/mol. The predicted molar refractivity (Wildman–Crippen MR) is 57.6 cm³/mol. The smallest absolute Gasteiger partial charge is 0.139 e. The van der Waals surface area contributed by atoms with Crippen molar-refractivity contribution in [1.29, 1.82) is 0 Å². The van der Waals surface area contributed by atoms with Crippen LogP contribution in [0.15, 0.2) is 16.6 Å². The van der Waals surface area contributed by atoms with Crippen molar-refractivity contribution >= 4 is 21.6 Å². The molecule has 1 rings (SSSR count). The molecule has 0 fully saturated rings. The molecular formula is C10H13BrFN. The molecule has 1 N–H and O–H groups in total. The lowest BCUT2D eigenvalue weighted by atomic mass is 10.2. The van der Waals surface area contributed by atoms with Gasteiger partial charge in [-0.05, 0) is 54.4 Å². The Kier molecular flexibility index (Phi) is 3.31. The van der Waals surface area contributed by atoms with Crippen LogP contribution >= 0.6 is 15.9 Å². The maximum atomic E-state index is 13.1. The van der Waals surface area contributed by atoms with Gasteiger partial charge in [-0.3, -0.25) is 0 Å². The summed E-state index contributed by atoms with van der Waals surface area (Å²) in [6.07, 6.45) is 0. The molecule has 0 spiro atoms. The van der Waals surface area contributed by atoms with Gasteiger partial charge in [0.2, 0.25) is 0 Å². The van der Waals surface area contributed by atoms with Crippen molar-refractivity contribution in [1.82, 2.24) is 0 Å². The van der Waals surface area contributed by atoms with Crippen molar-refractivity contribution in [3.63, 3.8) is 0 Å². The van der Waals surface area contributed by atoms with E-state index in [4.69, 9.17) is 0 Å². The van der Waals surface area contributed by atoms with E-state index in [0.29, 0.717) is 10.5 Å². The number of benzene rings is 1. The fourth-order valence-electron chi connectivity index (χ4n) is 1.11. The van der Waals surface area contributed by atoms with Crippen LogP contribution in [0, 0.1) is 12.7 Å². The quantitative estimate of drug-likeness (QED) is 0.838. The van der Waals surface area contributed by atoms with Crippen LogP contribution in [0.4, 0.5) is 10.1 Å². The zero-order chi connectivity index (χ0) is 10.0. The van der Waals surface area contributed by atoms with Crippen LogP contribution in [-0.4, -0.2) is 6.04 Å². The number of hydrogen-bond acceptors (Lipinski definition) is 1. The first-order valence-corrected chi connectivity index (χ1v) is 5.02. The molecule has 1 aromatic rings. The Bertz CT molecular complexity index is 310. The lowest BCUT2D eigenvalue weighted by Crippen LogP contribution is -2.10. The second-order valence-electron chi connectivity index (χ2n) is 3.38. The van der Waals surface area contributed by atoms with Crippen molar-refractivity contribution in [2.45, 2.75) is 26.8 Å². The topological polar surface area (TPSA) is 12.0 Å². The van der Waals surface area contributed by atoms with E-state index in [1.807, 2.05) is 20.8 Å². The van der Waals surface area contributed by atoms with Crippen molar-refractivity contribution in [3.8, 4) is 0 Å². The van der Waals surface area contributed by atoms with E-state index in [1.165, 1.54) is 6.07 Å². The Labute approximate surface area is 86.5 Å². The van der Waals surface area contributed by atoms with Crippen molar-refractivity contribution < 1.29 is 4.39 Å². The van der Waals surface area contributed by atoms with Crippen LogP contribution in [0.3, 0.4) is 0 Å². The van der Waals surface area contributed by atoms with Crippen molar-refractivity contribution in [2.75, 3.05) is 5.32 Å². The van der Waals surface area contributed by atoms with Gasteiger partial charge in [0.25, 0.3) is 0 Å². The Hall–Kier alpha value is -0.570. The third-order valence-electron chi connectivity index (χ3n) is 1.71. The Morgan fingerprint density at radius 1 is 1.38 bits per heavy atom. The summed E-state index contributed by atoms with van der Waals surface area (Å²) in [4.78, 5) is 0. The standard InChI is InChI=1S/C10H13BrFN/c1-6(2)13-10-5-9(12)8(11)4-7(10)3/h4-6,13H,1-3H3. The maximum absolute atomic E-state index is 13.1. The highest BCUT2D eigenvalue weighted by Gasteiger charge is 2.05. The molecule has 0 amide bonds. The van der Waals surface area contributed by atoms with Crippen LogP contribution in [0.2, 0.25) is 0 Å². The molecule has 0 bridgehead atoms. The number of rotatable bonds is 2. The first kappa shape index (κ1) is 10.5. The van der Waals surface area contributed by atoms with E-state index >= 15 is 0 Å². The molecule has 3 heteroatoms. The SMILES string of the molecule is Cc1cc(Br)c(F)cc1NC(C)C. The van der Waals surface area contributed by atoms with Crippen LogP contribution in [0.5, 0.6) is 0 Å². The Balaban J connectivity index is 3.01. The van der Waals surface area contributed by atoms with Crippen LogP contribution in [-0.2, 0) is 0 Å². The molecule has 0 saturated carbocycles. The first-order chi connectivity index (χ1) is 6.00. The first-order valence-electron chi connectivity index (χ1n) is 4.23. The fourth-order valence-corrected chi connectivity index (χ4v) is 1.57. The predicted octanol–water partition coefficient (Wildman–Crippen LogP) is 3.72. The minimum atomic E-state index is -0.228. The molecule has 0 saturated heterocycles. The fraction of sp³-hybridized carbons (Fsp3) is 0.400. The molecule has 72 valence electrons. The largest absolute Gasteiger partial charge is 0.383 e. The molecule has 0 aliphatic rings. The number of anilines is 1. The highest BCUT2D eigenvalue weighted by Crippen LogP contribution is 2.24. The number of nitrogens with one attached hydrogen (secondary N) is 1. The summed E-state index contributed by atoms with van der Waals surface area (Å²) >= 11 is 3.14. The van der Waals surface area contributed by atoms with Gasteiger partial charge in [0.15, 0.2) is 0 Å². The van der Waals surface area contributed by atoms with Gasteiger partial charge >= 0.3 is 0 Å². The summed E-state index contributed by atoms with van der Waals surface area (Å²) < 4.78 is 13.6. The van der Waals surface area contributed by atoms with E-state index in [9.17, 15) is 4.39 Å². The van der Waals surface area contributed by atoms with E-state index in [2.05, 4.69) is 21.2 Å². The zero-order valence-corrected chi connectivity index (χ0v) is 9.57. The molecule has 0 radical (unpaired) electrons. The van der Waals surface area contributed by atoms with Gasteiger partial charge in [0, 0.05) is 11.7 Å². The molecule has 0 atom stereocenters. The number of aryl methyl sites for hydroxylation is 1. The van der Waals surface area contributed by atoms with Crippen LogP contribution in [0.25, 0.3) is 0 Å². The molecule has 0 heterocycles. The normalized spacial score (nSPS) is 10.6. The van der Waals surface area contributed by atoms with E-state index < -0.39 is 0 Å². The summed E-state index contributed by atoms with van der Waals surface area (Å²) in [5, 5.41) is 3.18. The van der Waals surface area contributed by atoms with E-state index in [-0.39, 0.29) is 5.82 Å². The lowest BCUT2D eigenvalue weighted by molar-refractivity contribution is 0.621. The summed E-state index contributed by atoms with van der Waals surface area (Å²) in [5.41, 5.74) is 1.90. The van der Waals surface area contributed by atoms with Gasteiger partial charge in [-0.15, -0.1) is 0 Å². The van der Waals surface area contributed by atoms with Gasteiger partial charge in [0.1, 0.15) is 5.82 Å². The highest BCUT2D eigenvalue weighted by atomic mass is 79.9. The van der Waals surface area contributed by atoms with E-state index in [1.54, 1.807) is 6.07 Å². The minimum absolute atomic E-state index is 0.228. The molecule has 1 nitrogen and oxygen atoms in total. The number of halogens is 2. The highest BCUT2D eigenvalue weighted by molar-refractivity contribution is 9.10. The van der Waals surface area contributed by atoms with Crippen LogP contribution in [0.1, 0.15) is 19.4 Å². The lowest BCUT2D eigenvalue weighted by Gasteiger charge is -2.13. The Morgan fingerprint density at radius 2 is 2.00 bits per heavy atom. The maximum Gasteiger partial charge on any atom is 0.139 e. The summed E-state index contributed by atoms with van der Waals surface area (Å²) in [6, 6.07) is 3.61. The van der Waals surface area contributed by atoms with Crippen molar-refractivity contribution in [3.05, 3.63) is 28.0 Å². The summed E-state index contributed by atoms with van der Waals surface area (Å²) in [5.74, 6) is -0.228. The third kappa shape index (κ3) is 2.69. The molecule has 1 aromatic carbocycles. The molecule has 0 aromatic heterocycles. The second kappa shape index (κ2) is 4.09. The summed E-state index contributed by atoms with van der Waals surface area (Å²) in [7, 11) is 0.